The Bertz CT molecular complexity index is 1400. The van der Waals surface area contributed by atoms with Crippen LogP contribution in [0.3, 0.4) is 0 Å². The summed E-state index contributed by atoms with van der Waals surface area (Å²) in [6.45, 7) is 0. The number of hydrogen-bond acceptors (Lipinski definition) is 6. The van der Waals surface area contributed by atoms with Crippen molar-refractivity contribution in [1.82, 2.24) is 6.15 Å². The number of aliphatic hydroxyl groups is 1. The maximum Gasteiger partial charge on any atom is 0.170 e. The van der Waals surface area contributed by atoms with E-state index in [-0.39, 0.29) is 29.9 Å². The Labute approximate surface area is 289 Å². The number of phenolic OH excluding ortho intramolecular Hbond substituents is 2. The molecule has 0 amide bonds. The fourth-order valence-electron chi connectivity index (χ4n) is 3.41. The fourth-order valence-corrected chi connectivity index (χ4v) is 5.70. The Balaban J connectivity index is 0.000000378. The average Bonchev–Trinajstić information content (AvgIpc) is 2.90. The van der Waals surface area contributed by atoms with Crippen LogP contribution in [0.25, 0.3) is 0 Å². The van der Waals surface area contributed by atoms with Crippen LogP contribution >= 0.6 is 95.6 Å². The quantitative estimate of drug-likeness (QED) is 0.0969. The van der Waals surface area contributed by atoms with Crippen molar-refractivity contribution in [2.75, 3.05) is 7.11 Å². The predicted molar refractivity (Wildman–Crippen MR) is 187 cm³/mol. The van der Waals surface area contributed by atoms with E-state index in [0.29, 0.717) is 23.3 Å². The molecule has 0 bridgehead atoms. The molecular weight excluding hydrogens is 920 g/mol. The zero-order chi connectivity index (χ0) is 30.0. The summed E-state index contributed by atoms with van der Waals surface area (Å²) >= 11 is 20.2. The van der Waals surface area contributed by atoms with Crippen molar-refractivity contribution in [3.05, 3.63) is 122 Å². The molecule has 4 rings (SSSR count). The number of halogens is 6. The summed E-state index contributed by atoms with van der Waals surface area (Å²) < 4.78 is 5.25. The molecule has 6 nitrogen and oxygen atoms in total. The van der Waals surface area contributed by atoms with E-state index < -0.39 is 0 Å². The molecule has 0 atom stereocenters. The largest absolute Gasteiger partial charge is 0.507 e. The summed E-state index contributed by atoms with van der Waals surface area (Å²) in [4.78, 5) is 12.2. The number of aliphatic hydroxyl groups excluding tert-OH is 1. The number of ketones is 1. The van der Waals surface area contributed by atoms with Gasteiger partial charge in [-0.05, 0) is 83.9 Å². The predicted octanol–water partition coefficient (Wildman–Crippen LogP) is 10.2. The highest BCUT2D eigenvalue weighted by atomic mass is 79.9. The number of nitrogens with one attached hydrogen (secondary N) is 1. The molecule has 0 unspecified atom stereocenters. The second-order valence-corrected chi connectivity index (χ2v) is 13.4. The van der Waals surface area contributed by atoms with Gasteiger partial charge in [0.2, 0.25) is 0 Å². The van der Waals surface area contributed by atoms with Gasteiger partial charge in [0.25, 0.3) is 0 Å². The van der Waals surface area contributed by atoms with E-state index in [1.54, 1.807) is 24.3 Å². The van der Waals surface area contributed by atoms with E-state index in [0.717, 1.165) is 45.1 Å². The number of carbonyl (C=O) groups is 1. The number of carbonyl (C=O) groups excluding carboxylic acids is 1. The molecule has 41 heavy (non-hydrogen) atoms. The van der Waals surface area contributed by atoms with Crippen LogP contribution in [-0.2, 0) is 12.8 Å². The molecule has 0 saturated carbocycles. The highest BCUT2D eigenvalue weighted by Gasteiger charge is 2.14. The van der Waals surface area contributed by atoms with Crippen molar-refractivity contribution in [3.8, 4) is 11.5 Å². The summed E-state index contributed by atoms with van der Waals surface area (Å²) in [7, 11) is 1.00. The van der Waals surface area contributed by atoms with Gasteiger partial charge >= 0.3 is 0 Å². The molecule has 12 heteroatoms. The molecule has 7 N–H and O–H groups in total. The number of phenols is 2. The van der Waals surface area contributed by atoms with E-state index in [1.165, 1.54) is 6.07 Å². The molecule has 218 valence electrons. The summed E-state index contributed by atoms with van der Waals surface area (Å²) in [5.41, 5.74) is 3.14. The molecule has 4 aromatic carbocycles. The molecule has 0 radical (unpaired) electrons. The number of benzene rings is 4. The zero-order valence-electron chi connectivity index (χ0n) is 21.6. The van der Waals surface area contributed by atoms with E-state index in [4.69, 9.17) is 10.5 Å². The van der Waals surface area contributed by atoms with Gasteiger partial charge in [-0.2, -0.15) is 0 Å². The molecule has 0 spiro atoms. The van der Waals surface area contributed by atoms with Crippen LogP contribution in [0.4, 0.5) is 0 Å². The summed E-state index contributed by atoms with van der Waals surface area (Å²) in [6, 6.07) is 21.5. The van der Waals surface area contributed by atoms with Crippen molar-refractivity contribution in [1.29, 1.82) is 5.41 Å². The SMILES string of the molecule is CO.N.N=C(Cc1cc(Br)ccc1Br)c1ccc(Br)cc1O.O=C(Cc1cc(Br)ccc1Br)c1ccc(Br)cc1O. The monoisotopic (exact) mass is 940 g/mol. The first-order valence-corrected chi connectivity index (χ1v) is 16.1. The number of Topliss-reactive ketones (excluding diaryl/α,β-unsaturated/α-hetero) is 1. The molecule has 0 aromatic heterocycles. The smallest absolute Gasteiger partial charge is 0.170 e. The molecule has 0 saturated heterocycles. The highest BCUT2D eigenvalue weighted by molar-refractivity contribution is 9.11. The first kappa shape index (κ1) is 37.6. The van der Waals surface area contributed by atoms with Gasteiger partial charge in [-0.1, -0.05) is 95.6 Å². The molecular formula is C29H26Br6N2O4. The van der Waals surface area contributed by atoms with Crippen molar-refractivity contribution in [3.63, 3.8) is 0 Å². The topological polar surface area (TPSA) is 137 Å². The van der Waals surface area contributed by atoms with Crippen LogP contribution in [0, 0.1) is 5.41 Å². The van der Waals surface area contributed by atoms with E-state index in [9.17, 15) is 15.0 Å². The van der Waals surface area contributed by atoms with Gasteiger partial charge in [-0.25, -0.2) is 0 Å². The standard InChI is InChI=1S/C14H10Br3NO.C14H9Br3O2.CH4O.H3N/c2*15-9-2-4-12(17)8(5-9)6-13(18)11-3-1-10(16)7-14(11)19;1-2;/h1-5,7,18-19H,6H2;1-5,7,19H,6H2;2H,1H3;1H3. The van der Waals surface area contributed by atoms with Gasteiger partial charge < -0.3 is 26.9 Å². The first-order chi connectivity index (χ1) is 18.9. The Kier molecular flexibility index (Phi) is 16.8. The van der Waals surface area contributed by atoms with Gasteiger partial charge in [-0.15, -0.1) is 0 Å². The van der Waals surface area contributed by atoms with E-state index in [1.807, 2.05) is 42.5 Å². The summed E-state index contributed by atoms with van der Waals surface area (Å²) in [5.74, 6) is -0.0141. The summed E-state index contributed by atoms with van der Waals surface area (Å²) in [6.07, 6.45) is 0.685. The number of hydrogen-bond donors (Lipinski definition) is 5. The second-order valence-electron chi connectivity index (χ2n) is 8.05. The lowest BCUT2D eigenvalue weighted by Gasteiger charge is -2.09. The van der Waals surface area contributed by atoms with Crippen LogP contribution in [0.5, 0.6) is 11.5 Å². The van der Waals surface area contributed by atoms with Gasteiger partial charge in [-0.3, -0.25) is 4.79 Å². The van der Waals surface area contributed by atoms with Crippen molar-refractivity contribution in [2.45, 2.75) is 12.8 Å². The first-order valence-electron chi connectivity index (χ1n) is 11.3. The van der Waals surface area contributed by atoms with Gasteiger partial charge in [0.15, 0.2) is 5.78 Å². The van der Waals surface area contributed by atoms with Crippen molar-refractivity contribution < 1.29 is 20.1 Å². The third-order valence-corrected chi connectivity index (χ3v) is 8.80. The van der Waals surface area contributed by atoms with Gasteiger partial charge in [0.1, 0.15) is 11.5 Å². The van der Waals surface area contributed by atoms with Crippen molar-refractivity contribution in [2.24, 2.45) is 0 Å². The zero-order valence-corrected chi connectivity index (χ0v) is 31.1. The third kappa shape index (κ3) is 11.7. The lowest BCUT2D eigenvalue weighted by Crippen LogP contribution is -2.04. The molecule has 0 fully saturated rings. The minimum atomic E-state index is -0.121. The highest BCUT2D eigenvalue weighted by Crippen LogP contribution is 2.28. The number of rotatable bonds is 6. The fraction of sp³-hybridized carbons (Fsp3) is 0.103. The van der Waals surface area contributed by atoms with Crippen molar-refractivity contribution >= 4 is 107 Å². The van der Waals surface area contributed by atoms with Crippen LogP contribution in [0.1, 0.15) is 27.0 Å². The molecule has 0 heterocycles. The van der Waals surface area contributed by atoms with E-state index in [2.05, 4.69) is 95.6 Å². The molecule has 0 aliphatic carbocycles. The van der Waals surface area contributed by atoms with Crippen LogP contribution in [-0.4, -0.2) is 33.9 Å². The van der Waals surface area contributed by atoms with Gasteiger partial charge in [0, 0.05) is 58.1 Å². The van der Waals surface area contributed by atoms with Crippen LogP contribution in [0.15, 0.2) is 99.6 Å². The normalized spacial score (nSPS) is 9.85. The van der Waals surface area contributed by atoms with Gasteiger partial charge in [0.05, 0.1) is 5.56 Å². The number of aromatic hydroxyl groups is 2. The minimum Gasteiger partial charge on any atom is -0.507 e. The molecule has 0 aliphatic heterocycles. The Morgan fingerprint density at radius 3 is 1.41 bits per heavy atom. The van der Waals surface area contributed by atoms with Crippen LogP contribution in [0.2, 0.25) is 0 Å². The Morgan fingerprint density at radius 2 is 0.976 bits per heavy atom. The molecule has 4 aromatic rings. The van der Waals surface area contributed by atoms with E-state index >= 15 is 0 Å². The Morgan fingerprint density at radius 1 is 0.610 bits per heavy atom. The Hall–Kier alpha value is -1.38. The maximum atomic E-state index is 12.2. The lowest BCUT2D eigenvalue weighted by atomic mass is 10.0. The second kappa shape index (κ2) is 18.3. The lowest BCUT2D eigenvalue weighted by molar-refractivity contribution is 0.0990. The third-order valence-electron chi connectivity index (χ3n) is 5.28. The molecule has 0 aliphatic rings. The minimum absolute atomic E-state index is 0. The van der Waals surface area contributed by atoms with Crippen LogP contribution < -0.4 is 6.15 Å². The average molecular weight is 946 g/mol. The summed E-state index contributed by atoms with van der Waals surface area (Å²) in [5, 5.41) is 34.8. The maximum absolute atomic E-state index is 12.2.